The van der Waals surface area contributed by atoms with Crippen LogP contribution in [0.25, 0.3) is 0 Å². The Hall–Kier alpha value is -2.08. The molecule has 210 valence electrons. The van der Waals surface area contributed by atoms with Crippen LogP contribution in [0, 0.1) is 0 Å². The molecular formula is C31H53N3O3. The lowest BCUT2D eigenvalue weighted by Gasteiger charge is -2.50. The van der Waals surface area contributed by atoms with Crippen molar-refractivity contribution >= 4 is 11.8 Å². The minimum atomic E-state index is -0.852. The third kappa shape index (κ3) is 6.68. The second-order valence-corrected chi connectivity index (χ2v) is 15.2. The molecule has 6 heteroatoms. The molecule has 1 aliphatic heterocycles. The van der Waals surface area contributed by atoms with Crippen molar-refractivity contribution in [1.29, 1.82) is 0 Å². The highest BCUT2D eigenvalue weighted by Gasteiger charge is 2.47. The molecule has 2 rings (SSSR count). The van der Waals surface area contributed by atoms with Crippen LogP contribution in [0.1, 0.15) is 120 Å². The van der Waals surface area contributed by atoms with Gasteiger partial charge in [0.1, 0.15) is 5.75 Å². The topological polar surface area (TPSA) is 81.7 Å². The van der Waals surface area contributed by atoms with E-state index in [-0.39, 0.29) is 28.2 Å². The van der Waals surface area contributed by atoms with E-state index in [2.05, 4.69) is 66.0 Å². The maximum absolute atomic E-state index is 13.8. The van der Waals surface area contributed by atoms with Crippen LogP contribution in [-0.2, 0) is 25.8 Å². The SMILES string of the molecule is CCC1(C)NC(C)(C)CN(CC(C)(C)NC(=O)C(C)(C)c2cc(C(C)(C)C)c(O)c(C(C)(C)C)c2)C1=O. The van der Waals surface area contributed by atoms with Gasteiger partial charge < -0.3 is 15.3 Å². The lowest BCUT2D eigenvalue weighted by Crippen LogP contribution is -2.72. The van der Waals surface area contributed by atoms with Gasteiger partial charge in [-0.25, -0.2) is 0 Å². The van der Waals surface area contributed by atoms with E-state index < -0.39 is 16.5 Å². The lowest BCUT2D eigenvalue weighted by atomic mass is 9.73. The monoisotopic (exact) mass is 515 g/mol. The summed E-state index contributed by atoms with van der Waals surface area (Å²) in [6.45, 7) is 29.5. The number of benzene rings is 1. The number of nitrogens with zero attached hydrogens (tertiary/aromatic N) is 1. The normalized spacial score (nSPS) is 21.2. The number of hydrogen-bond donors (Lipinski definition) is 3. The molecule has 6 nitrogen and oxygen atoms in total. The number of phenols is 1. The molecule has 1 atom stereocenters. The predicted molar refractivity (Wildman–Crippen MR) is 153 cm³/mol. The van der Waals surface area contributed by atoms with Gasteiger partial charge in [-0.3, -0.25) is 14.9 Å². The fourth-order valence-electron chi connectivity index (χ4n) is 5.36. The van der Waals surface area contributed by atoms with Crippen molar-refractivity contribution in [2.75, 3.05) is 13.1 Å². The van der Waals surface area contributed by atoms with E-state index in [1.165, 1.54) is 0 Å². The number of nitrogens with one attached hydrogen (secondary N) is 2. The second-order valence-electron chi connectivity index (χ2n) is 15.2. The molecule has 1 unspecified atom stereocenters. The Labute approximate surface area is 226 Å². The Morgan fingerprint density at radius 2 is 1.43 bits per heavy atom. The first kappa shape index (κ1) is 31.1. The van der Waals surface area contributed by atoms with Gasteiger partial charge in [0, 0.05) is 18.6 Å². The van der Waals surface area contributed by atoms with Crippen LogP contribution in [0.15, 0.2) is 12.1 Å². The molecule has 0 saturated carbocycles. The van der Waals surface area contributed by atoms with Gasteiger partial charge in [0.2, 0.25) is 11.8 Å². The number of amides is 2. The molecule has 1 fully saturated rings. The Kier molecular flexibility index (Phi) is 8.07. The van der Waals surface area contributed by atoms with Gasteiger partial charge >= 0.3 is 0 Å². The first-order chi connectivity index (χ1) is 16.4. The minimum Gasteiger partial charge on any atom is -0.507 e. The van der Waals surface area contributed by atoms with Crippen molar-refractivity contribution in [3.8, 4) is 5.75 Å². The largest absolute Gasteiger partial charge is 0.507 e. The standard InChI is InChI=1S/C31H53N3O3/c1-15-31(14)25(37)34(19-29(10,11)33-31)18-28(8,9)32-24(36)30(12,13)20-16-21(26(2,3)4)23(35)22(17-20)27(5,6)7/h16-17,33,35H,15,18-19H2,1-14H3,(H,32,36). The highest BCUT2D eigenvalue weighted by Crippen LogP contribution is 2.42. The zero-order valence-corrected chi connectivity index (χ0v) is 26.0. The zero-order valence-electron chi connectivity index (χ0n) is 26.0. The van der Waals surface area contributed by atoms with Crippen molar-refractivity contribution in [2.24, 2.45) is 0 Å². The van der Waals surface area contributed by atoms with Crippen molar-refractivity contribution in [3.63, 3.8) is 0 Å². The number of carbonyl (C=O) groups is 2. The van der Waals surface area contributed by atoms with Crippen LogP contribution < -0.4 is 10.6 Å². The van der Waals surface area contributed by atoms with Crippen LogP contribution in [0.3, 0.4) is 0 Å². The van der Waals surface area contributed by atoms with E-state index in [0.29, 0.717) is 25.3 Å². The molecule has 37 heavy (non-hydrogen) atoms. The summed E-state index contributed by atoms with van der Waals surface area (Å²) in [6, 6.07) is 3.96. The third-order valence-corrected chi connectivity index (χ3v) is 7.72. The van der Waals surface area contributed by atoms with Gasteiger partial charge in [-0.15, -0.1) is 0 Å². The second kappa shape index (κ2) is 9.59. The molecule has 0 radical (unpaired) electrons. The lowest BCUT2D eigenvalue weighted by molar-refractivity contribution is -0.146. The fraction of sp³-hybridized carbons (Fsp3) is 0.742. The van der Waals surface area contributed by atoms with E-state index in [4.69, 9.17) is 0 Å². The summed E-state index contributed by atoms with van der Waals surface area (Å²) >= 11 is 0. The van der Waals surface area contributed by atoms with E-state index >= 15 is 0 Å². The fourth-order valence-corrected chi connectivity index (χ4v) is 5.36. The van der Waals surface area contributed by atoms with Crippen LogP contribution in [0.4, 0.5) is 0 Å². The molecule has 0 aromatic heterocycles. The van der Waals surface area contributed by atoms with E-state index in [1.54, 1.807) is 0 Å². The first-order valence-electron chi connectivity index (χ1n) is 13.7. The highest BCUT2D eigenvalue weighted by molar-refractivity contribution is 5.89. The van der Waals surface area contributed by atoms with Gasteiger partial charge in [0.25, 0.3) is 0 Å². The first-order valence-corrected chi connectivity index (χ1v) is 13.7. The highest BCUT2D eigenvalue weighted by atomic mass is 16.3. The molecule has 0 aliphatic carbocycles. The van der Waals surface area contributed by atoms with E-state index in [0.717, 1.165) is 16.7 Å². The smallest absolute Gasteiger partial charge is 0.242 e. The summed E-state index contributed by atoms with van der Waals surface area (Å²) in [5.74, 6) is 0.265. The Morgan fingerprint density at radius 3 is 1.84 bits per heavy atom. The van der Waals surface area contributed by atoms with Gasteiger partial charge in [-0.1, -0.05) is 60.6 Å². The minimum absolute atomic E-state index is 0.0686. The number of rotatable bonds is 6. The van der Waals surface area contributed by atoms with Gasteiger partial charge in [0.05, 0.1) is 16.5 Å². The van der Waals surface area contributed by atoms with Crippen LogP contribution in [0.5, 0.6) is 5.75 Å². The molecule has 0 bridgehead atoms. The quantitative estimate of drug-likeness (QED) is 0.465. The van der Waals surface area contributed by atoms with Gasteiger partial charge in [0.15, 0.2) is 0 Å². The molecular weight excluding hydrogens is 462 g/mol. The maximum atomic E-state index is 13.8. The molecule has 1 aliphatic rings. The van der Waals surface area contributed by atoms with Crippen molar-refractivity contribution in [3.05, 3.63) is 28.8 Å². The average molecular weight is 516 g/mol. The van der Waals surface area contributed by atoms with Gasteiger partial charge in [-0.2, -0.15) is 0 Å². The summed E-state index contributed by atoms with van der Waals surface area (Å²) in [4.78, 5) is 29.1. The van der Waals surface area contributed by atoms with Crippen molar-refractivity contribution in [1.82, 2.24) is 15.5 Å². The number of piperazine rings is 1. The van der Waals surface area contributed by atoms with Gasteiger partial charge in [-0.05, 0) is 82.4 Å². The third-order valence-electron chi connectivity index (χ3n) is 7.72. The Balaban J connectivity index is 2.41. The molecule has 1 heterocycles. The summed E-state index contributed by atoms with van der Waals surface area (Å²) in [5, 5.41) is 17.9. The van der Waals surface area contributed by atoms with Crippen LogP contribution in [0.2, 0.25) is 0 Å². The number of hydrogen-bond acceptors (Lipinski definition) is 4. The predicted octanol–water partition coefficient (Wildman–Crippen LogP) is 5.54. The van der Waals surface area contributed by atoms with E-state index in [9.17, 15) is 14.7 Å². The molecule has 2 amide bonds. The molecule has 1 aromatic rings. The molecule has 1 aromatic carbocycles. The summed E-state index contributed by atoms with van der Waals surface area (Å²) < 4.78 is 0. The number of aromatic hydroxyl groups is 1. The Morgan fingerprint density at radius 1 is 0.973 bits per heavy atom. The summed E-state index contributed by atoms with van der Waals surface area (Å²) in [7, 11) is 0. The molecule has 1 saturated heterocycles. The summed E-state index contributed by atoms with van der Waals surface area (Å²) in [6.07, 6.45) is 0.693. The van der Waals surface area contributed by atoms with Crippen LogP contribution >= 0.6 is 0 Å². The Bertz CT molecular complexity index is 1010. The number of carbonyl (C=O) groups excluding carboxylic acids is 2. The van der Waals surface area contributed by atoms with E-state index in [1.807, 2.05) is 58.6 Å². The average Bonchev–Trinajstić information content (AvgIpc) is 2.68. The van der Waals surface area contributed by atoms with Crippen molar-refractivity contribution < 1.29 is 14.7 Å². The zero-order chi connectivity index (χ0) is 29.0. The van der Waals surface area contributed by atoms with Crippen LogP contribution in [-0.4, -0.2) is 51.5 Å². The maximum Gasteiger partial charge on any atom is 0.242 e. The molecule has 3 N–H and O–H groups in total. The summed E-state index contributed by atoms with van der Waals surface area (Å²) in [5.41, 5.74) is -0.369. The van der Waals surface area contributed by atoms with Crippen molar-refractivity contribution in [2.45, 2.75) is 136 Å². The molecule has 0 spiro atoms. The number of phenolic OH excluding ortho intramolecular Hbond substituents is 1.